The topological polar surface area (TPSA) is 66.4 Å². The van der Waals surface area contributed by atoms with Crippen LogP contribution < -0.4 is 5.32 Å². The Morgan fingerprint density at radius 1 is 1.47 bits per heavy atom. The van der Waals surface area contributed by atoms with Gasteiger partial charge in [-0.15, -0.1) is 0 Å². The highest BCUT2D eigenvalue weighted by atomic mass is 16.4. The van der Waals surface area contributed by atoms with Crippen LogP contribution in [0.15, 0.2) is 0 Å². The van der Waals surface area contributed by atoms with E-state index in [0.717, 1.165) is 19.3 Å². The number of carboxylic acids is 1. The van der Waals surface area contributed by atoms with Crippen molar-refractivity contribution < 1.29 is 14.7 Å². The van der Waals surface area contributed by atoms with Crippen LogP contribution in [0.4, 0.5) is 0 Å². The van der Waals surface area contributed by atoms with E-state index in [0.29, 0.717) is 5.92 Å². The van der Waals surface area contributed by atoms with Gasteiger partial charge in [0.05, 0.1) is 5.92 Å². The zero-order valence-electron chi connectivity index (χ0n) is 9.32. The van der Waals surface area contributed by atoms with E-state index in [2.05, 4.69) is 12.2 Å². The molecule has 15 heavy (non-hydrogen) atoms. The largest absolute Gasteiger partial charge is 0.481 e. The molecule has 0 aromatic heterocycles. The molecule has 86 valence electrons. The molecule has 0 spiro atoms. The number of carbonyl (C=O) groups excluding carboxylic acids is 1. The number of carboxylic acid groups (broad SMARTS) is 1. The lowest BCUT2D eigenvalue weighted by molar-refractivity contribution is -0.141. The molecule has 0 saturated heterocycles. The zero-order chi connectivity index (χ0) is 11.4. The van der Waals surface area contributed by atoms with Crippen LogP contribution in [0.1, 0.15) is 33.1 Å². The van der Waals surface area contributed by atoms with E-state index in [1.54, 1.807) is 6.92 Å². The Kier molecular flexibility index (Phi) is 4.12. The number of hydrogen-bond donors (Lipinski definition) is 2. The average molecular weight is 213 g/mol. The summed E-state index contributed by atoms with van der Waals surface area (Å²) in [5.74, 6) is -0.829. The summed E-state index contributed by atoms with van der Waals surface area (Å²) in [6.07, 6.45) is 3.15. The fraction of sp³-hybridized carbons (Fsp3) is 0.818. The molecule has 1 fully saturated rings. The van der Waals surface area contributed by atoms with Gasteiger partial charge in [-0.05, 0) is 18.8 Å². The van der Waals surface area contributed by atoms with Gasteiger partial charge in [0.2, 0.25) is 5.91 Å². The van der Waals surface area contributed by atoms with Crippen molar-refractivity contribution in [1.82, 2.24) is 5.32 Å². The lowest BCUT2D eigenvalue weighted by Gasteiger charge is -2.16. The van der Waals surface area contributed by atoms with E-state index in [1.165, 1.54) is 0 Å². The Balaban J connectivity index is 2.32. The van der Waals surface area contributed by atoms with Gasteiger partial charge in [0, 0.05) is 12.5 Å². The molecule has 0 aliphatic heterocycles. The van der Waals surface area contributed by atoms with Gasteiger partial charge in [-0.2, -0.15) is 0 Å². The maximum atomic E-state index is 11.7. The third kappa shape index (κ3) is 3.22. The predicted octanol–water partition coefficient (Wildman–Crippen LogP) is 1.26. The quantitative estimate of drug-likeness (QED) is 0.738. The second-order valence-electron chi connectivity index (χ2n) is 4.50. The van der Waals surface area contributed by atoms with Crippen LogP contribution in [0.5, 0.6) is 0 Å². The molecule has 0 radical (unpaired) electrons. The minimum Gasteiger partial charge on any atom is -0.481 e. The lowest BCUT2D eigenvalue weighted by Crippen LogP contribution is -2.36. The smallest absolute Gasteiger partial charge is 0.308 e. The number of aliphatic carboxylic acids is 1. The first-order valence-corrected chi connectivity index (χ1v) is 5.53. The maximum Gasteiger partial charge on any atom is 0.308 e. The van der Waals surface area contributed by atoms with Gasteiger partial charge in [-0.3, -0.25) is 9.59 Å². The molecule has 3 unspecified atom stereocenters. The highest BCUT2D eigenvalue weighted by Gasteiger charge is 2.29. The molecule has 1 saturated carbocycles. The molecule has 4 heteroatoms. The Bertz CT molecular complexity index is 252. The fourth-order valence-corrected chi connectivity index (χ4v) is 2.01. The molecule has 0 aromatic carbocycles. The molecule has 0 aromatic rings. The minimum atomic E-state index is -0.866. The molecule has 3 atom stereocenters. The van der Waals surface area contributed by atoms with Gasteiger partial charge in [0.15, 0.2) is 0 Å². The first-order chi connectivity index (χ1) is 7.02. The standard InChI is InChI=1S/C11H19NO3/c1-7-4-3-5-9(7)10(13)12-6-8(2)11(14)15/h7-9H,3-6H2,1-2H3,(H,12,13)(H,14,15). The summed E-state index contributed by atoms with van der Waals surface area (Å²) in [6.45, 7) is 3.91. The second kappa shape index (κ2) is 5.14. The zero-order valence-corrected chi connectivity index (χ0v) is 9.32. The van der Waals surface area contributed by atoms with Crippen molar-refractivity contribution in [3.8, 4) is 0 Å². The van der Waals surface area contributed by atoms with Crippen LogP contribution in [0, 0.1) is 17.8 Å². The van der Waals surface area contributed by atoms with Gasteiger partial charge in [0.25, 0.3) is 0 Å². The van der Waals surface area contributed by atoms with Crippen LogP contribution in [-0.4, -0.2) is 23.5 Å². The molecule has 4 nitrogen and oxygen atoms in total. The summed E-state index contributed by atoms with van der Waals surface area (Å²) >= 11 is 0. The third-order valence-corrected chi connectivity index (χ3v) is 3.20. The summed E-state index contributed by atoms with van der Waals surface area (Å²) in [4.78, 5) is 22.2. The minimum absolute atomic E-state index is 0.0214. The van der Waals surface area contributed by atoms with E-state index in [-0.39, 0.29) is 18.4 Å². The molecule has 0 bridgehead atoms. The SMILES string of the molecule is CC(CNC(=O)C1CCCC1C)C(=O)O. The van der Waals surface area contributed by atoms with Crippen molar-refractivity contribution in [2.45, 2.75) is 33.1 Å². The molecule has 1 aliphatic rings. The summed E-state index contributed by atoms with van der Waals surface area (Å²) in [5.41, 5.74) is 0. The van der Waals surface area contributed by atoms with Crippen molar-refractivity contribution in [2.24, 2.45) is 17.8 Å². The molecule has 0 heterocycles. The number of amides is 1. The van der Waals surface area contributed by atoms with Crippen molar-refractivity contribution in [3.63, 3.8) is 0 Å². The van der Waals surface area contributed by atoms with Gasteiger partial charge < -0.3 is 10.4 Å². The summed E-state index contributed by atoms with van der Waals surface area (Å²) in [5, 5.41) is 11.4. The van der Waals surface area contributed by atoms with Crippen LogP contribution in [0.25, 0.3) is 0 Å². The van der Waals surface area contributed by atoms with Crippen molar-refractivity contribution in [3.05, 3.63) is 0 Å². The number of nitrogens with one attached hydrogen (secondary N) is 1. The van der Waals surface area contributed by atoms with Gasteiger partial charge in [0.1, 0.15) is 0 Å². The van der Waals surface area contributed by atoms with Crippen molar-refractivity contribution in [2.75, 3.05) is 6.54 Å². The van der Waals surface area contributed by atoms with Crippen LogP contribution in [0.3, 0.4) is 0 Å². The molecule has 1 aliphatic carbocycles. The molecule has 2 N–H and O–H groups in total. The van der Waals surface area contributed by atoms with Crippen LogP contribution in [-0.2, 0) is 9.59 Å². The third-order valence-electron chi connectivity index (χ3n) is 3.20. The van der Waals surface area contributed by atoms with E-state index in [1.807, 2.05) is 0 Å². The maximum absolute atomic E-state index is 11.7. The highest BCUT2D eigenvalue weighted by Crippen LogP contribution is 2.31. The number of rotatable bonds is 4. The summed E-state index contributed by atoms with van der Waals surface area (Å²) < 4.78 is 0. The van der Waals surface area contributed by atoms with Gasteiger partial charge in [-0.25, -0.2) is 0 Å². The number of carbonyl (C=O) groups is 2. The molecule has 1 rings (SSSR count). The first-order valence-electron chi connectivity index (χ1n) is 5.53. The highest BCUT2D eigenvalue weighted by molar-refractivity contribution is 5.80. The van der Waals surface area contributed by atoms with Crippen molar-refractivity contribution in [1.29, 1.82) is 0 Å². The monoisotopic (exact) mass is 213 g/mol. The lowest BCUT2D eigenvalue weighted by atomic mass is 9.97. The number of hydrogen-bond acceptors (Lipinski definition) is 2. The normalized spacial score (nSPS) is 27.3. The van der Waals surface area contributed by atoms with E-state index >= 15 is 0 Å². The molecular formula is C11H19NO3. The van der Waals surface area contributed by atoms with E-state index in [9.17, 15) is 9.59 Å². The second-order valence-corrected chi connectivity index (χ2v) is 4.50. The Morgan fingerprint density at radius 2 is 2.13 bits per heavy atom. The Labute approximate surface area is 90.0 Å². The molecule has 1 amide bonds. The average Bonchev–Trinajstić information content (AvgIpc) is 2.60. The van der Waals surface area contributed by atoms with Crippen LogP contribution in [0.2, 0.25) is 0 Å². The van der Waals surface area contributed by atoms with Gasteiger partial charge >= 0.3 is 5.97 Å². The molecular weight excluding hydrogens is 194 g/mol. The summed E-state index contributed by atoms with van der Waals surface area (Å²) in [7, 11) is 0. The first kappa shape index (κ1) is 12.0. The fourth-order valence-electron chi connectivity index (χ4n) is 2.01. The van der Waals surface area contributed by atoms with E-state index in [4.69, 9.17) is 5.11 Å². The van der Waals surface area contributed by atoms with Crippen molar-refractivity contribution >= 4 is 11.9 Å². The summed E-state index contributed by atoms with van der Waals surface area (Å²) in [6, 6.07) is 0. The van der Waals surface area contributed by atoms with Gasteiger partial charge in [-0.1, -0.05) is 20.3 Å². The predicted molar refractivity (Wildman–Crippen MR) is 56.3 cm³/mol. The Hall–Kier alpha value is -1.06. The van der Waals surface area contributed by atoms with Crippen LogP contribution >= 0.6 is 0 Å². The van der Waals surface area contributed by atoms with E-state index < -0.39 is 11.9 Å². The Morgan fingerprint density at radius 3 is 2.60 bits per heavy atom.